The highest BCUT2D eigenvalue weighted by molar-refractivity contribution is 5.79. The van der Waals surface area contributed by atoms with Gasteiger partial charge in [0.2, 0.25) is 12.7 Å². The minimum atomic E-state index is -0.117. The van der Waals surface area contributed by atoms with E-state index in [1.807, 2.05) is 18.2 Å². The van der Waals surface area contributed by atoms with E-state index >= 15 is 0 Å². The van der Waals surface area contributed by atoms with Crippen LogP contribution >= 0.6 is 0 Å². The van der Waals surface area contributed by atoms with Crippen molar-refractivity contribution in [3.05, 3.63) is 23.8 Å². The molecule has 2 saturated heterocycles. The molecule has 0 aromatic heterocycles. The maximum Gasteiger partial charge on any atom is 0.231 e. The van der Waals surface area contributed by atoms with E-state index in [-0.39, 0.29) is 30.7 Å². The second kappa shape index (κ2) is 5.75. The van der Waals surface area contributed by atoms with Crippen molar-refractivity contribution < 1.29 is 14.3 Å². The minimum Gasteiger partial charge on any atom is -0.454 e. The number of rotatable bonds is 3. The molecule has 7 heteroatoms. The Kier molecular flexibility index (Phi) is 3.61. The number of hydrogen-bond acceptors (Lipinski definition) is 6. The van der Waals surface area contributed by atoms with Crippen molar-refractivity contribution in [1.82, 2.24) is 21.5 Å². The highest BCUT2D eigenvalue weighted by Crippen LogP contribution is 2.35. The van der Waals surface area contributed by atoms with Gasteiger partial charge in [0.1, 0.15) is 6.17 Å². The summed E-state index contributed by atoms with van der Waals surface area (Å²) < 4.78 is 10.8. The monoisotopic (exact) mass is 304 g/mol. The fraction of sp³-hybridized carbons (Fsp3) is 0.533. The van der Waals surface area contributed by atoms with E-state index in [9.17, 15) is 4.79 Å². The second-order valence-electron chi connectivity index (χ2n) is 5.92. The van der Waals surface area contributed by atoms with Gasteiger partial charge in [-0.3, -0.25) is 10.2 Å². The van der Waals surface area contributed by atoms with E-state index < -0.39 is 0 Å². The van der Waals surface area contributed by atoms with Crippen LogP contribution in [0.4, 0.5) is 0 Å². The first kappa shape index (κ1) is 13.8. The Labute approximate surface area is 128 Å². The lowest BCUT2D eigenvalue weighted by molar-refractivity contribution is -0.125. The molecule has 1 amide bonds. The van der Waals surface area contributed by atoms with Crippen molar-refractivity contribution in [2.75, 3.05) is 26.4 Å². The quantitative estimate of drug-likeness (QED) is 0.611. The zero-order valence-electron chi connectivity index (χ0n) is 12.2. The largest absolute Gasteiger partial charge is 0.454 e. The molecule has 118 valence electrons. The molecule has 22 heavy (non-hydrogen) atoms. The van der Waals surface area contributed by atoms with Crippen LogP contribution in [0, 0.1) is 5.92 Å². The molecule has 0 spiro atoms. The summed E-state index contributed by atoms with van der Waals surface area (Å²) >= 11 is 0. The van der Waals surface area contributed by atoms with Crippen LogP contribution in [0.2, 0.25) is 0 Å². The van der Waals surface area contributed by atoms with E-state index in [0.29, 0.717) is 0 Å². The average molecular weight is 304 g/mol. The number of fused-ring (bicyclic) bond motifs is 1. The van der Waals surface area contributed by atoms with Gasteiger partial charge in [0.15, 0.2) is 11.5 Å². The first-order valence-corrected chi connectivity index (χ1v) is 7.70. The molecule has 3 unspecified atom stereocenters. The van der Waals surface area contributed by atoms with Crippen molar-refractivity contribution in [3.8, 4) is 11.5 Å². The molecule has 1 aromatic carbocycles. The number of ether oxygens (including phenoxy) is 2. The zero-order chi connectivity index (χ0) is 14.9. The van der Waals surface area contributed by atoms with Gasteiger partial charge in [-0.15, -0.1) is 0 Å². The molecular weight excluding hydrogens is 284 g/mol. The topological polar surface area (TPSA) is 83.7 Å². The Bertz CT molecular complexity index is 574. The summed E-state index contributed by atoms with van der Waals surface area (Å²) in [6.45, 7) is 2.71. The van der Waals surface area contributed by atoms with Crippen molar-refractivity contribution >= 4 is 5.91 Å². The van der Waals surface area contributed by atoms with Gasteiger partial charge in [0.25, 0.3) is 0 Å². The Balaban J connectivity index is 1.47. The van der Waals surface area contributed by atoms with Gasteiger partial charge in [-0.05, 0) is 30.7 Å². The van der Waals surface area contributed by atoms with Gasteiger partial charge in [-0.25, -0.2) is 5.43 Å². The van der Waals surface area contributed by atoms with E-state index in [0.717, 1.165) is 43.1 Å². The second-order valence-corrected chi connectivity index (χ2v) is 5.92. The van der Waals surface area contributed by atoms with Gasteiger partial charge in [-0.1, -0.05) is 6.07 Å². The van der Waals surface area contributed by atoms with Gasteiger partial charge < -0.3 is 20.1 Å². The zero-order valence-corrected chi connectivity index (χ0v) is 12.2. The minimum absolute atomic E-state index is 0.0693. The Morgan fingerprint density at radius 3 is 3.00 bits per heavy atom. The smallest absolute Gasteiger partial charge is 0.231 e. The third-order valence-electron chi connectivity index (χ3n) is 4.54. The third-order valence-corrected chi connectivity index (χ3v) is 4.54. The highest BCUT2D eigenvalue weighted by Gasteiger charge is 2.33. The molecule has 3 aliphatic heterocycles. The number of amides is 1. The maximum absolute atomic E-state index is 12.3. The van der Waals surface area contributed by atoms with Crippen molar-refractivity contribution in [2.45, 2.75) is 18.5 Å². The van der Waals surface area contributed by atoms with E-state index in [1.54, 1.807) is 0 Å². The number of hydrogen-bond donors (Lipinski definition) is 4. The molecule has 2 fully saturated rings. The molecule has 7 nitrogen and oxygen atoms in total. The van der Waals surface area contributed by atoms with Crippen LogP contribution in [0.15, 0.2) is 18.2 Å². The lowest BCUT2D eigenvalue weighted by Crippen LogP contribution is -2.48. The standard InChI is InChI=1S/C15H20N4O3/c20-15(10-3-4-16-6-10)18-14-11(7-17-19-14)9-1-2-12-13(5-9)22-8-21-12/h1-2,5,10-11,14,16-17,19H,3-4,6-8H2,(H,18,20). The summed E-state index contributed by atoms with van der Waals surface area (Å²) in [5.41, 5.74) is 7.41. The first-order chi connectivity index (χ1) is 10.8. The number of nitrogens with one attached hydrogen (secondary N) is 4. The fourth-order valence-corrected chi connectivity index (χ4v) is 3.24. The van der Waals surface area contributed by atoms with Crippen LogP contribution in [-0.4, -0.2) is 38.5 Å². The summed E-state index contributed by atoms with van der Waals surface area (Å²) in [6, 6.07) is 5.96. The Morgan fingerprint density at radius 1 is 1.23 bits per heavy atom. The number of carbonyl (C=O) groups excluding carboxylic acids is 1. The first-order valence-electron chi connectivity index (χ1n) is 7.70. The van der Waals surface area contributed by atoms with Crippen LogP contribution in [0.3, 0.4) is 0 Å². The van der Waals surface area contributed by atoms with Gasteiger partial charge in [0.05, 0.1) is 5.92 Å². The fourth-order valence-electron chi connectivity index (χ4n) is 3.24. The lowest BCUT2D eigenvalue weighted by Gasteiger charge is -2.22. The van der Waals surface area contributed by atoms with Crippen LogP contribution < -0.4 is 31.0 Å². The van der Waals surface area contributed by atoms with Gasteiger partial charge >= 0.3 is 0 Å². The molecule has 3 heterocycles. The number of hydrazine groups is 1. The molecule has 1 aromatic rings. The summed E-state index contributed by atoms with van der Waals surface area (Å²) in [6.07, 6.45) is 0.786. The average Bonchev–Trinajstić information content (AvgIpc) is 3.27. The molecule has 0 aliphatic carbocycles. The summed E-state index contributed by atoms with van der Waals surface area (Å²) in [4.78, 5) is 12.3. The molecular formula is C15H20N4O3. The van der Waals surface area contributed by atoms with Crippen LogP contribution in [0.5, 0.6) is 11.5 Å². The number of benzene rings is 1. The SMILES string of the molecule is O=C(NC1NNCC1c1ccc2c(c1)OCO2)C1CCNC1. The van der Waals surface area contributed by atoms with Crippen LogP contribution in [-0.2, 0) is 4.79 Å². The molecule has 0 saturated carbocycles. The van der Waals surface area contributed by atoms with Gasteiger partial charge in [0, 0.05) is 19.0 Å². The summed E-state index contributed by atoms with van der Waals surface area (Å²) in [5, 5.41) is 6.33. The highest BCUT2D eigenvalue weighted by atomic mass is 16.7. The van der Waals surface area contributed by atoms with Crippen LogP contribution in [0.25, 0.3) is 0 Å². The number of carbonyl (C=O) groups is 1. The summed E-state index contributed by atoms with van der Waals surface area (Å²) in [7, 11) is 0. The van der Waals surface area contributed by atoms with Crippen molar-refractivity contribution in [3.63, 3.8) is 0 Å². The predicted molar refractivity (Wildman–Crippen MR) is 79.4 cm³/mol. The molecule has 4 N–H and O–H groups in total. The maximum atomic E-state index is 12.3. The third kappa shape index (κ3) is 2.51. The van der Waals surface area contributed by atoms with Crippen molar-refractivity contribution in [1.29, 1.82) is 0 Å². The van der Waals surface area contributed by atoms with E-state index in [1.165, 1.54) is 0 Å². The van der Waals surface area contributed by atoms with E-state index in [4.69, 9.17) is 9.47 Å². The van der Waals surface area contributed by atoms with Gasteiger partial charge in [-0.2, -0.15) is 0 Å². The summed E-state index contributed by atoms with van der Waals surface area (Å²) in [5.74, 6) is 1.89. The molecule has 4 rings (SSSR count). The molecule has 3 aliphatic rings. The van der Waals surface area contributed by atoms with Crippen molar-refractivity contribution in [2.24, 2.45) is 5.92 Å². The Morgan fingerprint density at radius 2 is 2.14 bits per heavy atom. The van der Waals surface area contributed by atoms with Crippen LogP contribution in [0.1, 0.15) is 17.9 Å². The molecule has 0 bridgehead atoms. The van der Waals surface area contributed by atoms with E-state index in [2.05, 4.69) is 21.5 Å². The molecule has 3 atom stereocenters. The predicted octanol–water partition coefficient (Wildman–Crippen LogP) is -0.341. The molecule has 0 radical (unpaired) electrons. The Hall–Kier alpha value is -1.83. The normalized spacial score (nSPS) is 29.7. The lowest BCUT2D eigenvalue weighted by atomic mass is 9.96.